The minimum Gasteiger partial charge on any atom is -0.396 e. The first-order valence-corrected chi connectivity index (χ1v) is 11.4. The summed E-state index contributed by atoms with van der Waals surface area (Å²) in [4.78, 5) is 19.4. The van der Waals surface area contributed by atoms with Gasteiger partial charge in [0.25, 0.3) is 5.91 Å². The van der Waals surface area contributed by atoms with Crippen LogP contribution in [-0.4, -0.2) is 51.3 Å². The summed E-state index contributed by atoms with van der Waals surface area (Å²) in [6, 6.07) is 12.8. The van der Waals surface area contributed by atoms with Crippen molar-refractivity contribution in [2.45, 2.75) is 38.3 Å². The van der Waals surface area contributed by atoms with Crippen molar-refractivity contribution in [3.8, 4) is 11.1 Å². The van der Waals surface area contributed by atoms with Crippen molar-refractivity contribution in [3.63, 3.8) is 0 Å². The molecule has 0 atom stereocenters. The van der Waals surface area contributed by atoms with Gasteiger partial charge in [-0.2, -0.15) is 0 Å². The second-order valence-corrected chi connectivity index (χ2v) is 8.54. The Bertz CT molecular complexity index is 1090. The van der Waals surface area contributed by atoms with E-state index in [9.17, 15) is 9.18 Å². The molecule has 1 fully saturated rings. The van der Waals surface area contributed by atoms with Crippen molar-refractivity contribution in [3.05, 3.63) is 77.6 Å². The molecule has 6 nitrogen and oxygen atoms in total. The van der Waals surface area contributed by atoms with Crippen LogP contribution < -0.4 is 0 Å². The number of imidazole rings is 1. The molecule has 7 heteroatoms. The van der Waals surface area contributed by atoms with Crippen LogP contribution in [0.3, 0.4) is 0 Å². The van der Waals surface area contributed by atoms with E-state index >= 15 is 0 Å². The number of hydrogen-bond acceptors (Lipinski definition) is 4. The minimum absolute atomic E-state index is 0.0450. The molecule has 2 aromatic carbocycles. The molecule has 1 amide bonds. The lowest BCUT2D eigenvalue weighted by Crippen LogP contribution is -2.43. The molecule has 0 bridgehead atoms. The number of ether oxygens (including phenoxy) is 1. The minimum atomic E-state index is -0.299. The molecule has 4 rings (SSSR count). The van der Waals surface area contributed by atoms with Gasteiger partial charge < -0.3 is 19.3 Å². The third-order valence-electron chi connectivity index (χ3n) is 6.06. The molecule has 0 aliphatic carbocycles. The number of aliphatic hydroxyl groups is 1. The predicted octanol–water partition coefficient (Wildman–Crippen LogP) is 3.97. The van der Waals surface area contributed by atoms with Crippen LogP contribution in [0.15, 0.2) is 55.0 Å². The Labute approximate surface area is 193 Å². The molecular weight excluding hydrogens is 421 g/mol. The summed E-state index contributed by atoms with van der Waals surface area (Å²) < 4.78 is 22.1. The summed E-state index contributed by atoms with van der Waals surface area (Å²) in [5.41, 5.74) is 3.63. The molecule has 1 aromatic heterocycles. The van der Waals surface area contributed by atoms with Gasteiger partial charge in [0.1, 0.15) is 11.5 Å². The lowest BCUT2D eigenvalue weighted by atomic mass is 9.98. The van der Waals surface area contributed by atoms with Gasteiger partial charge >= 0.3 is 0 Å². The van der Waals surface area contributed by atoms with E-state index in [4.69, 9.17) is 9.84 Å². The number of aromatic nitrogens is 2. The average Bonchev–Trinajstić information content (AvgIpc) is 3.28. The zero-order valence-corrected chi connectivity index (χ0v) is 18.9. The molecule has 33 heavy (non-hydrogen) atoms. The van der Waals surface area contributed by atoms with Crippen LogP contribution in [0.5, 0.6) is 0 Å². The molecule has 1 aliphatic rings. The van der Waals surface area contributed by atoms with Crippen molar-refractivity contribution in [2.24, 2.45) is 7.05 Å². The van der Waals surface area contributed by atoms with Crippen molar-refractivity contribution in [1.29, 1.82) is 0 Å². The lowest BCUT2D eigenvalue weighted by Gasteiger charge is -2.34. The number of nitrogens with zero attached hydrogens (tertiary/aromatic N) is 3. The lowest BCUT2D eigenvalue weighted by molar-refractivity contribution is 0.0264. The summed E-state index contributed by atoms with van der Waals surface area (Å²) in [7, 11) is 1.84. The van der Waals surface area contributed by atoms with E-state index in [1.807, 2.05) is 42.3 Å². The van der Waals surface area contributed by atoms with Gasteiger partial charge in [-0.15, -0.1) is 0 Å². The molecule has 174 valence electrons. The summed E-state index contributed by atoms with van der Waals surface area (Å²) in [6.45, 7) is 1.73. The zero-order chi connectivity index (χ0) is 23.2. The first-order chi connectivity index (χ1) is 16.0. The van der Waals surface area contributed by atoms with Crippen molar-refractivity contribution in [1.82, 2.24) is 14.5 Å². The quantitative estimate of drug-likeness (QED) is 0.563. The Morgan fingerprint density at radius 2 is 2.03 bits per heavy atom. The van der Waals surface area contributed by atoms with Gasteiger partial charge in [0.05, 0.1) is 6.33 Å². The van der Waals surface area contributed by atoms with Crippen LogP contribution >= 0.6 is 0 Å². The van der Waals surface area contributed by atoms with Crippen LogP contribution in [-0.2, 0) is 24.8 Å². The monoisotopic (exact) mass is 451 g/mol. The average molecular weight is 452 g/mol. The van der Waals surface area contributed by atoms with Crippen LogP contribution in [0, 0.1) is 5.82 Å². The topological polar surface area (TPSA) is 67.6 Å². The van der Waals surface area contributed by atoms with Crippen molar-refractivity contribution < 1.29 is 19.0 Å². The van der Waals surface area contributed by atoms with Crippen LogP contribution in [0.2, 0.25) is 0 Å². The number of hydrogen-bond donors (Lipinski definition) is 1. The smallest absolute Gasteiger partial charge is 0.274 e. The Hall–Kier alpha value is -3.03. The van der Waals surface area contributed by atoms with E-state index in [1.54, 1.807) is 23.2 Å². The van der Waals surface area contributed by atoms with Gasteiger partial charge in [0.2, 0.25) is 0 Å². The van der Waals surface area contributed by atoms with E-state index in [1.165, 1.54) is 6.07 Å². The Morgan fingerprint density at radius 1 is 1.21 bits per heavy atom. The van der Waals surface area contributed by atoms with Crippen LogP contribution in [0.4, 0.5) is 4.39 Å². The molecule has 1 saturated heterocycles. The highest BCUT2D eigenvalue weighted by molar-refractivity contribution is 5.92. The van der Waals surface area contributed by atoms with Crippen LogP contribution in [0.1, 0.15) is 40.9 Å². The molecule has 1 aliphatic heterocycles. The van der Waals surface area contributed by atoms with Gasteiger partial charge in [-0.3, -0.25) is 4.79 Å². The molecule has 0 saturated carbocycles. The van der Waals surface area contributed by atoms with Gasteiger partial charge in [-0.05, 0) is 54.5 Å². The van der Waals surface area contributed by atoms with Gasteiger partial charge in [0, 0.05) is 51.2 Å². The number of carbonyl (C=O) groups is 1. The van der Waals surface area contributed by atoms with E-state index in [0.717, 1.165) is 36.0 Å². The third kappa shape index (κ3) is 5.67. The number of halogens is 1. The fourth-order valence-electron chi connectivity index (χ4n) is 4.30. The third-order valence-corrected chi connectivity index (χ3v) is 6.06. The molecule has 2 heterocycles. The van der Waals surface area contributed by atoms with Gasteiger partial charge in [-0.25, -0.2) is 9.37 Å². The molecular formula is C26H30FN3O3. The van der Waals surface area contributed by atoms with Crippen molar-refractivity contribution >= 4 is 5.91 Å². The predicted molar refractivity (Wildman–Crippen MR) is 124 cm³/mol. The van der Waals surface area contributed by atoms with E-state index in [-0.39, 0.29) is 24.4 Å². The summed E-state index contributed by atoms with van der Waals surface area (Å²) in [5, 5.41) is 9.11. The second-order valence-electron chi connectivity index (χ2n) is 8.54. The van der Waals surface area contributed by atoms with Crippen molar-refractivity contribution in [2.75, 3.05) is 19.8 Å². The van der Waals surface area contributed by atoms with Crippen LogP contribution in [0.25, 0.3) is 11.1 Å². The summed E-state index contributed by atoms with van der Waals surface area (Å²) >= 11 is 0. The summed E-state index contributed by atoms with van der Waals surface area (Å²) in [6.07, 6.45) is 6.28. The normalized spacial score (nSPS) is 14.4. The molecule has 3 aromatic rings. The molecule has 1 N–H and O–H groups in total. The highest BCUT2D eigenvalue weighted by Gasteiger charge is 2.28. The standard InChI is InChI=1S/C26H30FN3O3/c1-29-17-25(28-18-29)26(32)30(22-9-12-33-13-10-22)16-20-7-8-24(27)23(15-20)21-6-2-4-19(14-21)5-3-11-31/h2,4,6-8,14-15,17-18,22,31H,3,5,9-13,16H2,1H3. The fraction of sp³-hybridized carbons (Fsp3) is 0.385. The second kappa shape index (κ2) is 10.7. The fourth-order valence-corrected chi connectivity index (χ4v) is 4.30. The van der Waals surface area contributed by atoms with Gasteiger partial charge in [0.15, 0.2) is 0 Å². The van der Waals surface area contributed by atoms with Gasteiger partial charge in [-0.1, -0.05) is 30.3 Å². The molecule has 0 unspecified atom stereocenters. The first kappa shape index (κ1) is 23.1. The maximum absolute atomic E-state index is 14.8. The van der Waals surface area contributed by atoms with E-state index in [0.29, 0.717) is 37.4 Å². The largest absolute Gasteiger partial charge is 0.396 e. The zero-order valence-electron chi connectivity index (χ0n) is 18.9. The highest BCUT2D eigenvalue weighted by atomic mass is 19.1. The number of rotatable bonds is 8. The van der Waals surface area contributed by atoms with E-state index < -0.39 is 0 Å². The van der Waals surface area contributed by atoms with E-state index in [2.05, 4.69) is 4.98 Å². The number of carbonyl (C=O) groups excluding carboxylic acids is 1. The Morgan fingerprint density at radius 3 is 2.76 bits per heavy atom. The number of aliphatic hydroxyl groups excluding tert-OH is 1. The number of amides is 1. The number of benzene rings is 2. The summed E-state index contributed by atoms with van der Waals surface area (Å²) in [5.74, 6) is -0.425. The molecule has 0 spiro atoms. The molecule has 0 radical (unpaired) electrons. The SMILES string of the molecule is Cn1cnc(C(=O)N(Cc2ccc(F)c(-c3cccc(CCCO)c3)c2)C2CCOCC2)c1. The highest BCUT2D eigenvalue weighted by Crippen LogP contribution is 2.27. The maximum Gasteiger partial charge on any atom is 0.274 e. The Balaban J connectivity index is 1.62. The maximum atomic E-state index is 14.8. The first-order valence-electron chi connectivity index (χ1n) is 11.4. The Kier molecular flexibility index (Phi) is 7.52. The number of aryl methyl sites for hydroxylation is 2.